The molecule has 0 aliphatic rings. The molecular formula is C12H14N2O2. The number of ether oxygens (including phenoxy) is 1. The highest BCUT2D eigenvalue weighted by Gasteiger charge is 2.05. The van der Waals surface area contributed by atoms with Gasteiger partial charge in [0.2, 0.25) is 5.91 Å². The van der Waals surface area contributed by atoms with E-state index in [1.165, 1.54) is 7.11 Å². The van der Waals surface area contributed by atoms with Crippen molar-refractivity contribution >= 4 is 11.6 Å². The molecule has 0 fully saturated rings. The van der Waals surface area contributed by atoms with Gasteiger partial charge in [0.05, 0.1) is 12.7 Å². The van der Waals surface area contributed by atoms with Crippen LogP contribution in [0.1, 0.15) is 25.3 Å². The Hall–Kier alpha value is -2.02. The Labute approximate surface area is 94.8 Å². The number of hydrogen-bond donors (Lipinski definition) is 1. The van der Waals surface area contributed by atoms with Crippen molar-refractivity contribution in [1.29, 1.82) is 5.26 Å². The van der Waals surface area contributed by atoms with Crippen LogP contribution >= 0.6 is 0 Å². The van der Waals surface area contributed by atoms with Crippen molar-refractivity contribution in [3.8, 4) is 11.8 Å². The average Bonchev–Trinajstić information content (AvgIpc) is 2.29. The number of rotatable bonds is 4. The van der Waals surface area contributed by atoms with Crippen LogP contribution in [-0.2, 0) is 4.79 Å². The molecular weight excluding hydrogens is 204 g/mol. The van der Waals surface area contributed by atoms with Crippen LogP contribution in [0.2, 0.25) is 0 Å². The molecule has 84 valence electrons. The molecule has 1 aromatic carbocycles. The van der Waals surface area contributed by atoms with Gasteiger partial charge in [0.15, 0.2) is 0 Å². The fraction of sp³-hybridized carbons (Fsp3) is 0.333. The third-order valence-electron chi connectivity index (χ3n) is 2.08. The molecule has 0 radical (unpaired) electrons. The molecule has 0 saturated heterocycles. The third-order valence-corrected chi connectivity index (χ3v) is 2.08. The van der Waals surface area contributed by atoms with E-state index in [0.717, 1.165) is 6.42 Å². The van der Waals surface area contributed by atoms with Gasteiger partial charge < -0.3 is 10.1 Å². The summed E-state index contributed by atoms with van der Waals surface area (Å²) in [5.41, 5.74) is 1.03. The largest absolute Gasteiger partial charge is 0.495 e. The highest BCUT2D eigenvalue weighted by atomic mass is 16.5. The second-order valence-electron chi connectivity index (χ2n) is 3.33. The summed E-state index contributed by atoms with van der Waals surface area (Å²) in [5, 5.41) is 11.6. The minimum atomic E-state index is -0.0449. The van der Waals surface area contributed by atoms with Gasteiger partial charge in [0, 0.05) is 12.1 Å². The number of nitriles is 1. The first-order valence-electron chi connectivity index (χ1n) is 5.09. The van der Waals surface area contributed by atoms with E-state index >= 15 is 0 Å². The maximum atomic E-state index is 11.3. The fourth-order valence-corrected chi connectivity index (χ4v) is 1.32. The first-order chi connectivity index (χ1) is 7.71. The van der Waals surface area contributed by atoms with Gasteiger partial charge in [-0.1, -0.05) is 6.92 Å². The molecule has 1 N–H and O–H groups in total. The van der Waals surface area contributed by atoms with E-state index < -0.39 is 0 Å². The number of benzene rings is 1. The third kappa shape index (κ3) is 2.99. The topological polar surface area (TPSA) is 62.1 Å². The molecule has 16 heavy (non-hydrogen) atoms. The van der Waals surface area contributed by atoms with Gasteiger partial charge in [0.1, 0.15) is 11.8 Å². The van der Waals surface area contributed by atoms with Crippen LogP contribution in [0.15, 0.2) is 18.2 Å². The van der Waals surface area contributed by atoms with E-state index in [4.69, 9.17) is 10.00 Å². The standard InChI is InChI=1S/C12H14N2O2/c1-3-4-12(15)14-10-5-6-11(16-2)9(7-10)8-13/h5-7H,3-4H2,1-2H3,(H,14,15). The van der Waals surface area contributed by atoms with Crippen molar-refractivity contribution in [2.45, 2.75) is 19.8 Å². The summed E-state index contributed by atoms with van der Waals surface area (Å²) in [6.45, 7) is 1.94. The van der Waals surface area contributed by atoms with Crippen LogP contribution in [0.25, 0.3) is 0 Å². The minimum Gasteiger partial charge on any atom is -0.495 e. The Kier molecular flexibility index (Phi) is 4.34. The quantitative estimate of drug-likeness (QED) is 0.843. The summed E-state index contributed by atoms with van der Waals surface area (Å²) in [6.07, 6.45) is 1.28. The van der Waals surface area contributed by atoms with E-state index in [2.05, 4.69) is 5.32 Å². The normalized spacial score (nSPS) is 9.31. The number of carbonyl (C=O) groups is 1. The lowest BCUT2D eigenvalue weighted by molar-refractivity contribution is -0.116. The predicted molar refractivity (Wildman–Crippen MR) is 61.2 cm³/mol. The molecule has 0 unspecified atom stereocenters. The fourth-order valence-electron chi connectivity index (χ4n) is 1.32. The van der Waals surface area contributed by atoms with Crippen molar-refractivity contribution in [1.82, 2.24) is 0 Å². The van der Waals surface area contributed by atoms with E-state index in [-0.39, 0.29) is 5.91 Å². The second-order valence-corrected chi connectivity index (χ2v) is 3.33. The van der Waals surface area contributed by atoms with Gasteiger partial charge in [-0.2, -0.15) is 5.26 Å². The Bertz CT molecular complexity index is 422. The molecule has 0 aliphatic carbocycles. The first kappa shape index (κ1) is 12.1. The van der Waals surface area contributed by atoms with Crippen LogP contribution in [0, 0.1) is 11.3 Å². The molecule has 0 heterocycles. The summed E-state index contributed by atoms with van der Waals surface area (Å²) in [5.74, 6) is 0.465. The number of methoxy groups -OCH3 is 1. The molecule has 1 aromatic rings. The lowest BCUT2D eigenvalue weighted by atomic mass is 10.2. The predicted octanol–water partition coefficient (Wildman–Crippen LogP) is 2.31. The van der Waals surface area contributed by atoms with Crippen molar-refractivity contribution in [2.24, 2.45) is 0 Å². The van der Waals surface area contributed by atoms with Crippen molar-refractivity contribution in [3.63, 3.8) is 0 Å². The summed E-state index contributed by atoms with van der Waals surface area (Å²) >= 11 is 0. The van der Waals surface area contributed by atoms with Crippen LogP contribution in [0.5, 0.6) is 5.75 Å². The monoisotopic (exact) mass is 218 g/mol. The number of nitrogens with zero attached hydrogens (tertiary/aromatic N) is 1. The molecule has 4 nitrogen and oxygen atoms in total. The summed E-state index contributed by atoms with van der Waals surface area (Å²) < 4.78 is 5.01. The Morgan fingerprint density at radius 1 is 1.56 bits per heavy atom. The zero-order valence-corrected chi connectivity index (χ0v) is 9.41. The van der Waals surface area contributed by atoms with Gasteiger partial charge >= 0.3 is 0 Å². The molecule has 0 atom stereocenters. The average molecular weight is 218 g/mol. The number of anilines is 1. The Balaban J connectivity index is 2.84. The first-order valence-corrected chi connectivity index (χ1v) is 5.09. The molecule has 0 spiro atoms. The van der Waals surface area contributed by atoms with Crippen molar-refractivity contribution in [3.05, 3.63) is 23.8 Å². The highest BCUT2D eigenvalue weighted by Crippen LogP contribution is 2.21. The number of carbonyl (C=O) groups excluding carboxylic acids is 1. The second kappa shape index (κ2) is 5.76. The number of nitrogens with one attached hydrogen (secondary N) is 1. The molecule has 0 saturated carbocycles. The van der Waals surface area contributed by atoms with E-state index in [9.17, 15) is 4.79 Å². The van der Waals surface area contributed by atoms with Gasteiger partial charge in [-0.3, -0.25) is 4.79 Å². The van der Waals surface area contributed by atoms with Gasteiger partial charge in [-0.05, 0) is 24.6 Å². The lowest BCUT2D eigenvalue weighted by Crippen LogP contribution is -2.10. The smallest absolute Gasteiger partial charge is 0.224 e. The van der Waals surface area contributed by atoms with Crippen LogP contribution < -0.4 is 10.1 Å². The summed E-state index contributed by atoms with van der Waals surface area (Å²) in [6, 6.07) is 7.00. The van der Waals surface area contributed by atoms with Crippen LogP contribution in [0.4, 0.5) is 5.69 Å². The summed E-state index contributed by atoms with van der Waals surface area (Å²) in [4.78, 5) is 11.3. The van der Waals surface area contributed by atoms with Gasteiger partial charge in [0.25, 0.3) is 0 Å². The summed E-state index contributed by atoms with van der Waals surface area (Å²) in [7, 11) is 1.51. The number of hydrogen-bond acceptors (Lipinski definition) is 3. The Morgan fingerprint density at radius 2 is 2.31 bits per heavy atom. The zero-order valence-electron chi connectivity index (χ0n) is 9.41. The Morgan fingerprint density at radius 3 is 2.88 bits per heavy atom. The molecule has 0 aromatic heterocycles. The molecule has 4 heteroatoms. The maximum absolute atomic E-state index is 11.3. The molecule has 1 rings (SSSR count). The minimum absolute atomic E-state index is 0.0449. The zero-order chi connectivity index (χ0) is 12.0. The molecule has 0 aliphatic heterocycles. The van der Waals surface area contributed by atoms with Crippen molar-refractivity contribution in [2.75, 3.05) is 12.4 Å². The van der Waals surface area contributed by atoms with Gasteiger partial charge in [-0.25, -0.2) is 0 Å². The lowest BCUT2D eigenvalue weighted by Gasteiger charge is -2.07. The maximum Gasteiger partial charge on any atom is 0.224 e. The van der Waals surface area contributed by atoms with E-state index in [1.807, 2.05) is 13.0 Å². The van der Waals surface area contributed by atoms with Crippen molar-refractivity contribution < 1.29 is 9.53 Å². The number of amides is 1. The SMILES string of the molecule is CCCC(=O)Nc1ccc(OC)c(C#N)c1. The highest BCUT2D eigenvalue weighted by molar-refractivity contribution is 5.90. The molecule has 1 amide bonds. The van der Waals surface area contributed by atoms with E-state index in [0.29, 0.717) is 23.4 Å². The van der Waals surface area contributed by atoms with Crippen LogP contribution in [0.3, 0.4) is 0 Å². The van der Waals surface area contributed by atoms with E-state index in [1.54, 1.807) is 18.2 Å². The van der Waals surface area contributed by atoms with Gasteiger partial charge in [-0.15, -0.1) is 0 Å². The molecule has 0 bridgehead atoms. The van der Waals surface area contributed by atoms with Crippen LogP contribution in [-0.4, -0.2) is 13.0 Å².